The highest BCUT2D eigenvalue weighted by Gasteiger charge is 2.32. The van der Waals surface area contributed by atoms with Crippen LogP contribution in [-0.2, 0) is 9.59 Å². The van der Waals surface area contributed by atoms with Gasteiger partial charge in [-0.25, -0.2) is 0 Å². The number of amides is 1. The molecule has 4 nitrogen and oxygen atoms in total. The molecule has 1 unspecified atom stereocenters. The van der Waals surface area contributed by atoms with Crippen LogP contribution in [0.4, 0.5) is 0 Å². The number of hydrogen-bond acceptors (Lipinski definition) is 3. The van der Waals surface area contributed by atoms with Crippen LogP contribution in [0.5, 0.6) is 0 Å². The van der Waals surface area contributed by atoms with Gasteiger partial charge in [-0.1, -0.05) is 20.8 Å². The van der Waals surface area contributed by atoms with Crippen molar-refractivity contribution >= 4 is 11.7 Å². The van der Waals surface area contributed by atoms with Crippen LogP contribution in [0, 0.1) is 5.41 Å². The van der Waals surface area contributed by atoms with E-state index in [2.05, 4.69) is 10.6 Å². The first-order chi connectivity index (χ1) is 9.12. The Morgan fingerprint density at radius 2 is 1.33 bits per heavy atom. The van der Waals surface area contributed by atoms with Crippen LogP contribution < -0.4 is 10.6 Å². The van der Waals surface area contributed by atoms with Gasteiger partial charge in [0.1, 0.15) is 0 Å². The van der Waals surface area contributed by atoms with Gasteiger partial charge < -0.3 is 10.6 Å². The summed E-state index contributed by atoms with van der Waals surface area (Å²) in [6.45, 7) is 17.7. The van der Waals surface area contributed by atoms with Gasteiger partial charge in [0.25, 0.3) is 0 Å². The van der Waals surface area contributed by atoms with Gasteiger partial charge >= 0.3 is 0 Å². The summed E-state index contributed by atoms with van der Waals surface area (Å²) in [5.41, 5.74) is -0.812. The van der Waals surface area contributed by atoms with Crippen molar-refractivity contribution in [3.8, 4) is 0 Å². The molecule has 0 heterocycles. The van der Waals surface area contributed by atoms with E-state index in [0.29, 0.717) is 12.8 Å². The average Bonchev–Trinajstić information content (AvgIpc) is 2.17. The highest BCUT2D eigenvalue weighted by molar-refractivity contribution is 5.89. The second-order valence-corrected chi connectivity index (χ2v) is 8.90. The molecular weight excluding hydrogens is 264 g/mol. The Kier molecular flexibility index (Phi) is 6.61. The van der Waals surface area contributed by atoms with E-state index in [1.807, 2.05) is 62.3 Å². The van der Waals surface area contributed by atoms with Crippen LogP contribution in [-0.4, -0.2) is 28.8 Å². The molecule has 0 aliphatic rings. The maximum absolute atomic E-state index is 12.5. The summed E-state index contributed by atoms with van der Waals surface area (Å²) in [4.78, 5) is 24.5. The van der Waals surface area contributed by atoms with Crippen LogP contribution >= 0.6 is 0 Å². The Morgan fingerprint density at radius 1 is 0.857 bits per heavy atom. The van der Waals surface area contributed by atoms with Gasteiger partial charge in [-0.2, -0.15) is 0 Å². The van der Waals surface area contributed by atoms with E-state index >= 15 is 0 Å². The Labute approximate surface area is 130 Å². The van der Waals surface area contributed by atoms with Crippen molar-refractivity contribution in [2.45, 2.75) is 92.3 Å². The Bertz CT molecular complexity index is 368. The highest BCUT2D eigenvalue weighted by Crippen LogP contribution is 2.20. The van der Waals surface area contributed by atoms with Gasteiger partial charge in [-0.3, -0.25) is 9.59 Å². The Balaban J connectivity index is 4.78. The zero-order valence-corrected chi connectivity index (χ0v) is 15.3. The van der Waals surface area contributed by atoms with Crippen molar-refractivity contribution in [3.05, 3.63) is 0 Å². The zero-order valence-electron chi connectivity index (χ0n) is 15.3. The first kappa shape index (κ1) is 20.1. The molecule has 0 radical (unpaired) electrons. The van der Waals surface area contributed by atoms with E-state index < -0.39 is 5.41 Å². The molecule has 0 rings (SSSR count). The summed E-state index contributed by atoms with van der Waals surface area (Å²) in [6, 6.07) is -0.296. The summed E-state index contributed by atoms with van der Waals surface area (Å²) in [5.74, 6) is 0.144. The predicted molar refractivity (Wildman–Crippen MR) is 88.3 cm³/mol. The molecule has 4 heteroatoms. The zero-order chi connectivity index (χ0) is 17.1. The second kappa shape index (κ2) is 6.91. The van der Waals surface area contributed by atoms with Crippen LogP contribution in [0.3, 0.4) is 0 Å². The first-order valence-corrected chi connectivity index (χ1v) is 7.75. The van der Waals surface area contributed by atoms with E-state index in [0.717, 1.165) is 0 Å². The molecule has 0 fully saturated rings. The average molecular weight is 298 g/mol. The van der Waals surface area contributed by atoms with Gasteiger partial charge in [0.2, 0.25) is 5.91 Å². The van der Waals surface area contributed by atoms with Gasteiger partial charge in [-0.15, -0.1) is 0 Å². The Morgan fingerprint density at radius 3 is 1.67 bits per heavy atom. The molecule has 0 aromatic rings. The summed E-state index contributed by atoms with van der Waals surface area (Å²) < 4.78 is 0. The second-order valence-electron chi connectivity index (χ2n) is 8.90. The van der Waals surface area contributed by atoms with Gasteiger partial charge in [0.05, 0.1) is 6.04 Å². The number of Topliss-reactive ketones (excluding diaryl/α,β-unsaturated/α-hetero) is 1. The standard InChI is InChI=1S/C17H34N2O2/c1-15(2,3)14(21)12(18-16(4,5)6)10-11-13(20)19-17(7,8)9/h12,18H,10-11H2,1-9H3,(H,19,20). The van der Waals surface area contributed by atoms with Crippen LogP contribution in [0.25, 0.3) is 0 Å². The Hall–Kier alpha value is -0.900. The van der Waals surface area contributed by atoms with Crippen molar-refractivity contribution in [2.75, 3.05) is 0 Å². The molecule has 21 heavy (non-hydrogen) atoms. The van der Waals surface area contributed by atoms with E-state index in [9.17, 15) is 9.59 Å². The first-order valence-electron chi connectivity index (χ1n) is 7.75. The molecule has 0 spiro atoms. The lowest BCUT2D eigenvalue weighted by Crippen LogP contribution is -2.51. The largest absolute Gasteiger partial charge is 0.352 e. The van der Waals surface area contributed by atoms with Crippen molar-refractivity contribution in [1.29, 1.82) is 0 Å². The summed E-state index contributed by atoms with van der Waals surface area (Å²) >= 11 is 0. The van der Waals surface area contributed by atoms with E-state index in [1.165, 1.54) is 0 Å². The van der Waals surface area contributed by atoms with Crippen molar-refractivity contribution in [3.63, 3.8) is 0 Å². The molecular formula is C17H34N2O2. The van der Waals surface area contributed by atoms with E-state index in [4.69, 9.17) is 0 Å². The minimum absolute atomic E-state index is 0.00933. The number of carbonyl (C=O) groups is 2. The monoisotopic (exact) mass is 298 g/mol. The maximum atomic E-state index is 12.5. The molecule has 1 atom stereocenters. The summed E-state index contributed by atoms with van der Waals surface area (Å²) in [6.07, 6.45) is 0.877. The van der Waals surface area contributed by atoms with Crippen molar-refractivity contribution < 1.29 is 9.59 Å². The van der Waals surface area contributed by atoms with Gasteiger partial charge in [0, 0.05) is 22.9 Å². The quantitative estimate of drug-likeness (QED) is 0.820. The number of rotatable bonds is 5. The third-order valence-corrected chi connectivity index (χ3v) is 2.84. The fourth-order valence-electron chi connectivity index (χ4n) is 2.07. The number of ketones is 1. The van der Waals surface area contributed by atoms with Gasteiger partial charge in [-0.05, 0) is 48.0 Å². The molecule has 0 aromatic carbocycles. The smallest absolute Gasteiger partial charge is 0.220 e. The number of nitrogens with one attached hydrogen (secondary N) is 2. The minimum atomic E-state index is -0.413. The number of carbonyl (C=O) groups excluding carboxylic acids is 2. The summed E-state index contributed by atoms with van der Waals surface area (Å²) in [5, 5.41) is 6.29. The highest BCUT2D eigenvalue weighted by atomic mass is 16.2. The van der Waals surface area contributed by atoms with E-state index in [1.54, 1.807) is 0 Å². The molecule has 0 aromatic heterocycles. The van der Waals surface area contributed by atoms with E-state index in [-0.39, 0.29) is 28.8 Å². The third kappa shape index (κ3) is 9.62. The fraction of sp³-hybridized carbons (Fsp3) is 0.882. The number of hydrogen-bond donors (Lipinski definition) is 2. The molecule has 1 amide bonds. The minimum Gasteiger partial charge on any atom is -0.352 e. The molecule has 0 aliphatic heterocycles. The molecule has 124 valence electrons. The van der Waals surface area contributed by atoms with Gasteiger partial charge in [0.15, 0.2) is 5.78 Å². The summed E-state index contributed by atoms with van der Waals surface area (Å²) in [7, 11) is 0. The van der Waals surface area contributed by atoms with Crippen LogP contribution in [0.2, 0.25) is 0 Å². The molecule has 0 saturated carbocycles. The topological polar surface area (TPSA) is 58.2 Å². The van der Waals surface area contributed by atoms with Crippen molar-refractivity contribution in [2.24, 2.45) is 5.41 Å². The lowest BCUT2D eigenvalue weighted by atomic mass is 9.84. The lowest BCUT2D eigenvalue weighted by Gasteiger charge is -2.32. The normalized spacial score (nSPS) is 14.7. The van der Waals surface area contributed by atoms with Crippen LogP contribution in [0.1, 0.15) is 75.2 Å². The van der Waals surface area contributed by atoms with Crippen molar-refractivity contribution in [1.82, 2.24) is 10.6 Å². The molecule has 0 bridgehead atoms. The third-order valence-electron chi connectivity index (χ3n) is 2.84. The maximum Gasteiger partial charge on any atom is 0.220 e. The lowest BCUT2D eigenvalue weighted by molar-refractivity contribution is -0.129. The fourth-order valence-corrected chi connectivity index (χ4v) is 2.07. The molecule has 2 N–H and O–H groups in total. The predicted octanol–water partition coefficient (Wildman–Crippen LogP) is 3.05. The van der Waals surface area contributed by atoms with Crippen LogP contribution in [0.15, 0.2) is 0 Å². The molecule has 0 aliphatic carbocycles. The molecule has 0 saturated heterocycles. The SMILES string of the molecule is CC(C)(C)NC(=O)CCC(NC(C)(C)C)C(=O)C(C)(C)C.